The molecule has 0 atom stereocenters. The van der Waals surface area contributed by atoms with Crippen molar-refractivity contribution in [1.82, 2.24) is 9.88 Å². The van der Waals surface area contributed by atoms with E-state index >= 15 is 0 Å². The van der Waals surface area contributed by atoms with Crippen molar-refractivity contribution in [1.29, 1.82) is 0 Å². The number of benzene rings is 2. The van der Waals surface area contributed by atoms with Crippen LogP contribution in [0.1, 0.15) is 17.5 Å². The third-order valence-corrected chi connectivity index (χ3v) is 7.97. The normalized spacial score (nSPS) is 14.7. The summed E-state index contributed by atoms with van der Waals surface area (Å²) in [6.07, 6.45) is 0.463. The Morgan fingerprint density at radius 3 is 2.66 bits per heavy atom. The average Bonchev–Trinajstić information content (AvgIpc) is 3.18. The number of thioether (sulfide) groups is 1. The number of fused-ring (bicyclic) bond motifs is 1. The van der Waals surface area contributed by atoms with Gasteiger partial charge in [0.25, 0.3) is 0 Å². The van der Waals surface area contributed by atoms with Gasteiger partial charge in [-0.3, -0.25) is 14.6 Å². The predicted octanol–water partition coefficient (Wildman–Crippen LogP) is 5.41. The molecule has 32 heavy (non-hydrogen) atoms. The number of rotatable bonds is 8. The van der Waals surface area contributed by atoms with Crippen molar-refractivity contribution in [3.05, 3.63) is 52.5 Å². The number of morpholine rings is 1. The first-order valence-electron chi connectivity index (χ1n) is 10.9. The summed E-state index contributed by atoms with van der Waals surface area (Å²) in [5.74, 6) is 0.838. The Morgan fingerprint density at radius 1 is 1.19 bits per heavy atom. The summed E-state index contributed by atoms with van der Waals surface area (Å²) in [6, 6.07) is 12.0. The lowest BCUT2D eigenvalue weighted by Crippen LogP contribution is -2.43. The van der Waals surface area contributed by atoms with Crippen molar-refractivity contribution >= 4 is 56.0 Å². The second-order valence-electron chi connectivity index (χ2n) is 7.95. The van der Waals surface area contributed by atoms with Crippen LogP contribution < -0.4 is 4.90 Å². The van der Waals surface area contributed by atoms with E-state index in [0.29, 0.717) is 13.0 Å². The molecular formula is C24H28ClN3O2S2. The molecule has 1 aliphatic heterocycles. The minimum atomic E-state index is 0.118. The number of aromatic nitrogens is 1. The number of aryl methyl sites for hydroxylation is 2. The highest BCUT2D eigenvalue weighted by molar-refractivity contribution is 7.99. The number of amides is 1. The van der Waals surface area contributed by atoms with Crippen LogP contribution in [0.2, 0.25) is 5.02 Å². The fourth-order valence-electron chi connectivity index (χ4n) is 3.60. The SMILES string of the molecule is Cc1cc2nc(N(CCN3CCOCC3)C(=O)CCSc3ccc(Cl)cc3)sc2cc1C. The summed E-state index contributed by atoms with van der Waals surface area (Å²) in [7, 11) is 0. The number of anilines is 1. The first-order valence-corrected chi connectivity index (χ1v) is 13.0. The van der Waals surface area contributed by atoms with Crippen molar-refractivity contribution in [2.75, 3.05) is 50.0 Å². The third kappa shape index (κ3) is 6.02. The standard InChI is InChI=1S/C24H28ClN3O2S2/c1-17-15-21-22(16-18(17)2)32-24(26-21)28(9-8-27-10-12-30-13-11-27)23(29)7-14-31-20-5-3-19(25)4-6-20/h3-6,15-16H,7-14H2,1-2H3. The molecule has 1 aromatic heterocycles. The number of nitrogens with zero attached hydrogens (tertiary/aromatic N) is 3. The first kappa shape index (κ1) is 23.5. The lowest BCUT2D eigenvalue weighted by molar-refractivity contribution is -0.118. The molecule has 1 amide bonds. The highest BCUT2D eigenvalue weighted by Crippen LogP contribution is 2.31. The molecule has 170 valence electrons. The van der Waals surface area contributed by atoms with Gasteiger partial charge in [0.05, 0.1) is 23.4 Å². The summed E-state index contributed by atoms with van der Waals surface area (Å²) in [4.78, 5) is 23.5. The fourth-order valence-corrected chi connectivity index (χ4v) is 5.65. The van der Waals surface area contributed by atoms with E-state index in [0.717, 1.165) is 63.9 Å². The molecule has 1 saturated heterocycles. The van der Waals surface area contributed by atoms with Crippen LogP contribution in [-0.2, 0) is 9.53 Å². The van der Waals surface area contributed by atoms with Gasteiger partial charge in [0.2, 0.25) is 5.91 Å². The molecule has 0 radical (unpaired) electrons. The van der Waals surface area contributed by atoms with E-state index in [2.05, 4.69) is 30.9 Å². The smallest absolute Gasteiger partial charge is 0.229 e. The van der Waals surface area contributed by atoms with E-state index in [1.165, 1.54) is 11.1 Å². The molecule has 2 aromatic carbocycles. The summed E-state index contributed by atoms with van der Waals surface area (Å²) in [5.41, 5.74) is 3.44. The van der Waals surface area contributed by atoms with Gasteiger partial charge in [0.1, 0.15) is 0 Å². The van der Waals surface area contributed by atoms with Gasteiger partial charge in [-0.15, -0.1) is 11.8 Å². The van der Waals surface area contributed by atoms with E-state index in [1.807, 2.05) is 29.2 Å². The first-order chi connectivity index (χ1) is 15.5. The maximum atomic E-state index is 13.3. The zero-order valence-corrected chi connectivity index (χ0v) is 20.9. The quantitative estimate of drug-likeness (QED) is 0.396. The molecular weight excluding hydrogens is 462 g/mol. The molecule has 4 rings (SSSR count). The highest BCUT2D eigenvalue weighted by Gasteiger charge is 2.21. The van der Waals surface area contributed by atoms with E-state index in [4.69, 9.17) is 21.3 Å². The number of ether oxygens (including phenoxy) is 1. The molecule has 0 bridgehead atoms. The fraction of sp³-hybridized carbons (Fsp3) is 0.417. The van der Waals surface area contributed by atoms with Gasteiger partial charge in [-0.25, -0.2) is 4.98 Å². The van der Waals surface area contributed by atoms with Gasteiger partial charge in [-0.2, -0.15) is 0 Å². The topological polar surface area (TPSA) is 45.7 Å². The van der Waals surface area contributed by atoms with Gasteiger partial charge in [0, 0.05) is 48.3 Å². The van der Waals surface area contributed by atoms with Crippen molar-refractivity contribution in [2.45, 2.75) is 25.2 Å². The van der Waals surface area contributed by atoms with Gasteiger partial charge in [0.15, 0.2) is 5.13 Å². The molecule has 0 spiro atoms. The van der Waals surface area contributed by atoms with Gasteiger partial charge < -0.3 is 4.74 Å². The van der Waals surface area contributed by atoms with Crippen molar-refractivity contribution < 1.29 is 9.53 Å². The highest BCUT2D eigenvalue weighted by atomic mass is 35.5. The molecule has 8 heteroatoms. The van der Waals surface area contributed by atoms with Gasteiger partial charge in [-0.05, 0) is 61.4 Å². The Balaban J connectivity index is 1.47. The Labute approximate surface area is 202 Å². The number of halogens is 1. The van der Waals surface area contributed by atoms with Crippen LogP contribution in [0.3, 0.4) is 0 Å². The average molecular weight is 490 g/mol. The zero-order valence-electron chi connectivity index (χ0n) is 18.5. The number of carbonyl (C=O) groups excluding carboxylic acids is 1. The summed E-state index contributed by atoms with van der Waals surface area (Å²) >= 11 is 9.25. The molecule has 0 unspecified atom stereocenters. The minimum absolute atomic E-state index is 0.118. The van der Waals surface area contributed by atoms with E-state index in [-0.39, 0.29) is 5.91 Å². The maximum Gasteiger partial charge on any atom is 0.229 e. The Kier molecular flexibility index (Phi) is 8.07. The monoisotopic (exact) mass is 489 g/mol. The lowest BCUT2D eigenvalue weighted by Gasteiger charge is -2.29. The molecule has 5 nitrogen and oxygen atoms in total. The van der Waals surface area contributed by atoms with E-state index < -0.39 is 0 Å². The van der Waals surface area contributed by atoms with Crippen LogP contribution in [0.5, 0.6) is 0 Å². The Morgan fingerprint density at radius 2 is 1.91 bits per heavy atom. The van der Waals surface area contributed by atoms with Crippen LogP contribution >= 0.6 is 34.7 Å². The van der Waals surface area contributed by atoms with Crippen LogP contribution in [0.25, 0.3) is 10.2 Å². The van der Waals surface area contributed by atoms with Crippen molar-refractivity contribution in [3.63, 3.8) is 0 Å². The van der Waals surface area contributed by atoms with Crippen LogP contribution in [-0.4, -0.2) is 60.9 Å². The predicted molar refractivity (Wildman–Crippen MR) is 135 cm³/mol. The molecule has 0 saturated carbocycles. The van der Waals surface area contributed by atoms with Gasteiger partial charge in [-0.1, -0.05) is 22.9 Å². The number of carbonyl (C=O) groups is 1. The summed E-state index contributed by atoms with van der Waals surface area (Å²) < 4.78 is 6.59. The summed E-state index contributed by atoms with van der Waals surface area (Å²) in [5, 5.41) is 1.51. The van der Waals surface area contributed by atoms with Crippen molar-refractivity contribution in [2.24, 2.45) is 0 Å². The van der Waals surface area contributed by atoms with E-state index in [1.54, 1.807) is 23.1 Å². The largest absolute Gasteiger partial charge is 0.379 e. The molecule has 2 heterocycles. The summed E-state index contributed by atoms with van der Waals surface area (Å²) in [6.45, 7) is 9.01. The number of hydrogen-bond donors (Lipinski definition) is 0. The molecule has 1 aliphatic rings. The second-order valence-corrected chi connectivity index (χ2v) is 10.6. The lowest BCUT2D eigenvalue weighted by atomic mass is 10.1. The van der Waals surface area contributed by atoms with Crippen LogP contribution in [0.15, 0.2) is 41.3 Å². The zero-order chi connectivity index (χ0) is 22.5. The number of hydrogen-bond acceptors (Lipinski definition) is 6. The molecule has 3 aromatic rings. The molecule has 1 fully saturated rings. The van der Waals surface area contributed by atoms with Gasteiger partial charge >= 0.3 is 0 Å². The third-order valence-electron chi connectivity index (χ3n) is 5.67. The maximum absolute atomic E-state index is 13.3. The minimum Gasteiger partial charge on any atom is -0.379 e. The second kappa shape index (κ2) is 11.0. The Hall–Kier alpha value is -1.64. The van der Waals surface area contributed by atoms with Crippen LogP contribution in [0, 0.1) is 13.8 Å². The van der Waals surface area contributed by atoms with Crippen LogP contribution in [0.4, 0.5) is 5.13 Å². The Bertz CT molecular complexity index is 1030. The van der Waals surface area contributed by atoms with Crippen molar-refractivity contribution in [3.8, 4) is 0 Å². The molecule has 0 aliphatic carbocycles. The van der Waals surface area contributed by atoms with E-state index in [9.17, 15) is 4.79 Å². The molecule has 0 N–H and O–H groups in total. The number of thiazole rings is 1.